The molecule has 1 aliphatic heterocycles. The third kappa shape index (κ3) is 2.69. The van der Waals surface area contributed by atoms with Crippen LogP contribution in [-0.2, 0) is 11.8 Å². The summed E-state index contributed by atoms with van der Waals surface area (Å²) in [5.41, 5.74) is 2.39. The minimum Gasteiger partial charge on any atom is -0.315 e. The molecule has 2 aromatic carbocycles. The number of hydrogen-bond donors (Lipinski definition) is 1. The summed E-state index contributed by atoms with van der Waals surface area (Å²) >= 11 is 6.99. The maximum Gasteiger partial charge on any atom is 0.123 e. The zero-order chi connectivity index (χ0) is 14.2. The molecule has 0 amide bonds. The molecule has 0 aromatic heterocycles. The van der Waals surface area contributed by atoms with Crippen molar-refractivity contribution in [2.45, 2.75) is 11.8 Å². The molecule has 1 N–H and O–H groups in total. The van der Waals surface area contributed by atoms with E-state index in [1.807, 2.05) is 0 Å². The maximum absolute atomic E-state index is 13.5. The number of rotatable bonds is 3. The molecule has 0 bridgehead atoms. The molecule has 1 nitrogen and oxygen atoms in total. The Balaban J connectivity index is 1.93. The normalized spacial score (nSPS) is 16.8. The monoisotopic (exact) mass is 397 g/mol. The summed E-state index contributed by atoms with van der Waals surface area (Å²) in [4.78, 5) is 0. The summed E-state index contributed by atoms with van der Waals surface area (Å²) in [6.07, 6.45) is 0.833. The highest BCUT2D eigenvalue weighted by Crippen LogP contribution is 2.35. The van der Waals surface area contributed by atoms with Crippen LogP contribution >= 0.6 is 31.9 Å². The SMILES string of the molecule is Fc1ccc(Br)c(CC2(c3ccc(Br)cc3)CNC2)c1. The highest BCUT2D eigenvalue weighted by molar-refractivity contribution is 9.10. The van der Waals surface area contributed by atoms with Crippen LogP contribution in [0.1, 0.15) is 11.1 Å². The van der Waals surface area contributed by atoms with Gasteiger partial charge in [0.05, 0.1) is 0 Å². The number of halogens is 3. The first kappa shape index (κ1) is 14.2. The summed E-state index contributed by atoms with van der Waals surface area (Å²) in [5.74, 6) is -0.179. The Kier molecular flexibility index (Phi) is 3.98. The van der Waals surface area contributed by atoms with E-state index in [4.69, 9.17) is 0 Å². The van der Waals surface area contributed by atoms with E-state index in [1.54, 1.807) is 12.1 Å². The van der Waals surface area contributed by atoms with Crippen molar-refractivity contribution in [1.29, 1.82) is 0 Å². The summed E-state index contributed by atoms with van der Waals surface area (Å²) in [6.45, 7) is 1.86. The molecule has 0 aliphatic carbocycles. The Bertz CT molecular complexity index is 621. The van der Waals surface area contributed by atoms with E-state index in [-0.39, 0.29) is 11.2 Å². The first-order chi connectivity index (χ1) is 9.59. The largest absolute Gasteiger partial charge is 0.315 e. The fourth-order valence-corrected chi connectivity index (χ4v) is 3.36. The van der Waals surface area contributed by atoms with Crippen molar-refractivity contribution in [1.82, 2.24) is 5.32 Å². The lowest BCUT2D eigenvalue weighted by Crippen LogP contribution is -2.58. The van der Waals surface area contributed by atoms with Crippen molar-refractivity contribution in [3.8, 4) is 0 Å². The second kappa shape index (κ2) is 5.58. The minimum atomic E-state index is -0.179. The average Bonchev–Trinajstić information content (AvgIpc) is 2.39. The van der Waals surface area contributed by atoms with Crippen LogP contribution in [-0.4, -0.2) is 13.1 Å². The molecule has 3 rings (SSSR count). The first-order valence-corrected chi connectivity index (χ1v) is 8.08. The van der Waals surface area contributed by atoms with E-state index in [0.717, 1.165) is 34.0 Å². The van der Waals surface area contributed by atoms with Gasteiger partial charge in [0, 0.05) is 27.4 Å². The van der Waals surface area contributed by atoms with E-state index in [0.29, 0.717) is 0 Å². The second-order valence-electron chi connectivity index (χ2n) is 5.30. The molecular weight excluding hydrogens is 385 g/mol. The summed E-state index contributed by atoms with van der Waals surface area (Å²) in [6, 6.07) is 13.3. The van der Waals surface area contributed by atoms with E-state index in [9.17, 15) is 4.39 Å². The smallest absolute Gasteiger partial charge is 0.123 e. The van der Waals surface area contributed by atoms with Crippen LogP contribution < -0.4 is 5.32 Å². The predicted octanol–water partition coefficient (Wildman–Crippen LogP) is 4.43. The molecule has 4 heteroatoms. The molecule has 0 saturated carbocycles. The van der Waals surface area contributed by atoms with Crippen molar-refractivity contribution in [2.75, 3.05) is 13.1 Å². The van der Waals surface area contributed by atoms with Crippen LogP contribution in [0.15, 0.2) is 51.4 Å². The highest BCUT2D eigenvalue weighted by atomic mass is 79.9. The zero-order valence-electron chi connectivity index (χ0n) is 10.8. The lowest BCUT2D eigenvalue weighted by atomic mass is 9.71. The van der Waals surface area contributed by atoms with Crippen molar-refractivity contribution in [3.05, 3.63) is 68.4 Å². The summed E-state index contributed by atoms with van der Waals surface area (Å²) in [5, 5.41) is 3.35. The van der Waals surface area contributed by atoms with Gasteiger partial charge in [0.15, 0.2) is 0 Å². The average molecular weight is 399 g/mol. The van der Waals surface area contributed by atoms with Crippen molar-refractivity contribution in [3.63, 3.8) is 0 Å². The number of benzene rings is 2. The molecule has 1 heterocycles. The van der Waals surface area contributed by atoms with Crippen LogP contribution in [0.3, 0.4) is 0 Å². The quantitative estimate of drug-likeness (QED) is 0.806. The van der Waals surface area contributed by atoms with Gasteiger partial charge in [-0.3, -0.25) is 0 Å². The van der Waals surface area contributed by atoms with Crippen LogP contribution in [0.4, 0.5) is 4.39 Å². The predicted molar refractivity (Wildman–Crippen MR) is 86.5 cm³/mol. The highest BCUT2D eigenvalue weighted by Gasteiger charge is 2.39. The number of nitrogens with one attached hydrogen (secondary N) is 1. The Morgan fingerprint density at radius 2 is 1.75 bits per heavy atom. The van der Waals surface area contributed by atoms with E-state index in [2.05, 4.69) is 61.4 Å². The third-order valence-electron chi connectivity index (χ3n) is 3.92. The van der Waals surface area contributed by atoms with E-state index < -0.39 is 0 Å². The lowest BCUT2D eigenvalue weighted by molar-refractivity contribution is 0.274. The van der Waals surface area contributed by atoms with Crippen LogP contribution in [0.5, 0.6) is 0 Å². The Labute approximate surface area is 134 Å². The number of hydrogen-bond acceptors (Lipinski definition) is 1. The van der Waals surface area contributed by atoms with Crippen molar-refractivity contribution in [2.24, 2.45) is 0 Å². The zero-order valence-corrected chi connectivity index (χ0v) is 14.0. The molecular formula is C16H14Br2FN. The maximum atomic E-state index is 13.5. The molecule has 0 radical (unpaired) electrons. The van der Waals surface area contributed by atoms with E-state index in [1.165, 1.54) is 11.6 Å². The van der Waals surface area contributed by atoms with Gasteiger partial charge in [-0.25, -0.2) is 4.39 Å². The minimum absolute atomic E-state index is 0.0665. The van der Waals surface area contributed by atoms with Crippen LogP contribution in [0.2, 0.25) is 0 Å². The Hall–Kier alpha value is -0.710. The molecule has 1 saturated heterocycles. The molecule has 1 fully saturated rings. The third-order valence-corrected chi connectivity index (χ3v) is 5.22. The molecule has 20 heavy (non-hydrogen) atoms. The van der Waals surface area contributed by atoms with Crippen LogP contribution in [0.25, 0.3) is 0 Å². The topological polar surface area (TPSA) is 12.0 Å². The van der Waals surface area contributed by atoms with Gasteiger partial charge in [0.2, 0.25) is 0 Å². The van der Waals surface area contributed by atoms with Gasteiger partial charge in [-0.05, 0) is 47.9 Å². The van der Waals surface area contributed by atoms with Gasteiger partial charge in [0.1, 0.15) is 5.82 Å². The van der Waals surface area contributed by atoms with Crippen molar-refractivity contribution >= 4 is 31.9 Å². The summed E-state index contributed by atoms with van der Waals surface area (Å²) in [7, 11) is 0. The Morgan fingerprint density at radius 3 is 2.35 bits per heavy atom. The van der Waals surface area contributed by atoms with Gasteiger partial charge in [-0.2, -0.15) is 0 Å². The fourth-order valence-electron chi connectivity index (χ4n) is 2.70. The van der Waals surface area contributed by atoms with Gasteiger partial charge in [0.25, 0.3) is 0 Å². The second-order valence-corrected chi connectivity index (χ2v) is 7.07. The van der Waals surface area contributed by atoms with Gasteiger partial charge >= 0.3 is 0 Å². The van der Waals surface area contributed by atoms with Gasteiger partial charge in [-0.1, -0.05) is 44.0 Å². The molecule has 2 aromatic rings. The summed E-state index contributed by atoms with van der Waals surface area (Å²) < 4.78 is 15.5. The molecule has 0 spiro atoms. The molecule has 0 unspecified atom stereocenters. The first-order valence-electron chi connectivity index (χ1n) is 6.50. The molecule has 0 atom stereocenters. The fraction of sp³-hybridized carbons (Fsp3) is 0.250. The van der Waals surface area contributed by atoms with Gasteiger partial charge < -0.3 is 5.32 Å². The van der Waals surface area contributed by atoms with Gasteiger partial charge in [-0.15, -0.1) is 0 Å². The van der Waals surface area contributed by atoms with Crippen LogP contribution in [0, 0.1) is 5.82 Å². The Morgan fingerprint density at radius 1 is 1.05 bits per heavy atom. The molecule has 104 valence electrons. The van der Waals surface area contributed by atoms with Crippen molar-refractivity contribution < 1.29 is 4.39 Å². The standard InChI is InChI=1S/C16H14Br2FN/c17-13-3-1-12(2-4-13)16(9-20-10-16)8-11-7-14(19)5-6-15(11)18/h1-7,20H,8-10H2. The van der Waals surface area contributed by atoms with E-state index >= 15 is 0 Å². The lowest BCUT2D eigenvalue weighted by Gasteiger charge is -2.43. The molecule has 1 aliphatic rings.